The van der Waals surface area contributed by atoms with Crippen molar-refractivity contribution in [3.63, 3.8) is 0 Å². The largest absolute Gasteiger partial charge is 0.478 e. The molecule has 0 aliphatic heterocycles. The summed E-state index contributed by atoms with van der Waals surface area (Å²) < 4.78 is 39.0. The zero-order chi connectivity index (χ0) is 22.6. The molecular weight excluding hydrogens is 425 g/mol. The first kappa shape index (κ1) is 19.6. The van der Waals surface area contributed by atoms with Crippen LogP contribution in [0.1, 0.15) is 32.2 Å². The topological polar surface area (TPSA) is 105 Å². The molecule has 1 aliphatic carbocycles. The van der Waals surface area contributed by atoms with Gasteiger partial charge in [0.2, 0.25) is 11.6 Å². The number of carboxylic acids is 1. The number of ketones is 1. The number of fused-ring (bicyclic) bond motifs is 5. The van der Waals surface area contributed by atoms with Crippen molar-refractivity contribution >= 4 is 34.0 Å². The van der Waals surface area contributed by atoms with Crippen LogP contribution in [0, 0.1) is 0 Å². The maximum absolute atomic E-state index is 13.0. The molecule has 10 heteroatoms. The van der Waals surface area contributed by atoms with Crippen molar-refractivity contribution in [2.75, 3.05) is 5.32 Å². The Morgan fingerprint density at radius 2 is 1.62 bits per heavy atom. The van der Waals surface area contributed by atoms with E-state index < -0.39 is 23.8 Å². The van der Waals surface area contributed by atoms with Gasteiger partial charge in [0.25, 0.3) is 0 Å². The number of carbonyl (C=O) groups is 2. The number of aromatic nitrogens is 3. The van der Waals surface area contributed by atoms with Gasteiger partial charge in [0, 0.05) is 40.3 Å². The van der Waals surface area contributed by atoms with Crippen LogP contribution in [0.4, 0.5) is 24.5 Å². The SMILES string of the molecule is O=C(O)c1ccc(Nc2ccc3ncc4c(c3c2)-c2cnc(C(F)(F)F)nc2C4=O)cc1. The van der Waals surface area contributed by atoms with Gasteiger partial charge in [0.05, 0.1) is 16.6 Å². The van der Waals surface area contributed by atoms with Crippen molar-refractivity contribution < 1.29 is 27.9 Å². The number of alkyl halides is 3. The summed E-state index contributed by atoms with van der Waals surface area (Å²) in [6.45, 7) is 0. The molecule has 5 rings (SSSR count). The summed E-state index contributed by atoms with van der Waals surface area (Å²) in [6.07, 6.45) is -2.43. The molecule has 0 fully saturated rings. The van der Waals surface area contributed by atoms with Gasteiger partial charge in [-0.15, -0.1) is 0 Å². The Hall–Kier alpha value is -4.34. The van der Waals surface area contributed by atoms with E-state index in [1.54, 1.807) is 30.3 Å². The van der Waals surface area contributed by atoms with Gasteiger partial charge in [-0.2, -0.15) is 13.2 Å². The third kappa shape index (κ3) is 3.13. The van der Waals surface area contributed by atoms with Gasteiger partial charge in [-0.3, -0.25) is 9.78 Å². The third-order valence-corrected chi connectivity index (χ3v) is 5.06. The molecule has 0 radical (unpaired) electrons. The lowest BCUT2D eigenvalue weighted by atomic mass is 10.0. The summed E-state index contributed by atoms with van der Waals surface area (Å²) in [4.78, 5) is 34.8. The van der Waals surface area contributed by atoms with Gasteiger partial charge >= 0.3 is 12.1 Å². The summed E-state index contributed by atoms with van der Waals surface area (Å²) in [7, 11) is 0. The summed E-state index contributed by atoms with van der Waals surface area (Å²) in [5.41, 5.74) is 2.42. The summed E-state index contributed by atoms with van der Waals surface area (Å²) in [6, 6.07) is 11.3. The van der Waals surface area contributed by atoms with Gasteiger partial charge in [0.1, 0.15) is 5.69 Å². The first-order valence-corrected chi connectivity index (χ1v) is 9.25. The first-order valence-electron chi connectivity index (χ1n) is 9.25. The quantitative estimate of drug-likeness (QED) is 0.422. The Bertz CT molecular complexity index is 1430. The van der Waals surface area contributed by atoms with E-state index in [2.05, 4.69) is 20.3 Å². The van der Waals surface area contributed by atoms with Crippen LogP contribution in [-0.4, -0.2) is 31.8 Å². The van der Waals surface area contributed by atoms with E-state index in [1.165, 1.54) is 18.3 Å². The van der Waals surface area contributed by atoms with Gasteiger partial charge in [-0.05, 0) is 42.5 Å². The van der Waals surface area contributed by atoms with Crippen LogP contribution >= 0.6 is 0 Å². The van der Waals surface area contributed by atoms with Gasteiger partial charge in [0.15, 0.2) is 0 Å². The minimum Gasteiger partial charge on any atom is -0.478 e. The molecule has 2 aromatic carbocycles. The molecule has 4 aromatic rings. The van der Waals surface area contributed by atoms with Crippen molar-refractivity contribution in [2.24, 2.45) is 0 Å². The highest BCUT2D eigenvalue weighted by molar-refractivity contribution is 6.24. The Labute approximate surface area is 177 Å². The van der Waals surface area contributed by atoms with Crippen LogP contribution in [-0.2, 0) is 6.18 Å². The molecule has 32 heavy (non-hydrogen) atoms. The number of nitrogens with zero attached hydrogens (tertiary/aromatic N) is 3. The highest BCUT2D eigenvalue weighted by atomic mass is 19.4. The number of pyridine rings is 1. The molecule has 7 nitrogen and oxygen atoms in total. The van der Waals surface area contributed by atoms with E-state index in [0.29, 0.717) is 27.8 Å². The van der Waals surface area contributed by atoms with Gasteiger partial charge < -0.3 is 10.4 Å². The Balaban J connectivity index is 1.60. The number of carboxylic acid groups (broad SMARTS) is 1. The van der Waals surface area contributed by atoms with Crippen LogP contribution < -0.4 is 5.32 Å². The zero-order valence-corrected chi connectivity index (χ0v) is 15.9. The molecule has 0 spiro atoms. The fourth-order valence-corrected chi connectivity index (χ4v) is 3.60. The molecule has 2 aromatic heterocycles. The summed E-state index contributed by atoms with van der Waals surface area (Å²) in [5, 5.41) is 12.7. The van der Waals surface area contributed by atoms with E-state index in [1.807, 2.05) is 0 Å². The number of anilines is 2. The van der Waals surface area contributed by atoms with Crippen LogP contribution in [0.25, 0.3) is 22.0 Å². The number of nitrogens with one attached hydrogen (secondary N) is 1. The minimum atomic E-state index is -4.77. The van der Waals surface area contributed by atoms with Crippen molar-refractivity contribution in [2.45, 2.75) is 6.18 Å². The maximum Gasteiger partial charge on any atom is 0.451 e. The fourth-order valence-electron chi connectivity index (χ4n) is 3.60. The Kier molecular flexibility index (Phi) is 4.19. The molecule has 1 aliphatic rings. The van der Waals surface area contributed by atoms with Crippen molar-refractivity contribution in [3.05, 3.63) is 77.5 Å². The van der Waals surface area contributed by atoms with Crippen molar-refractivity contribution in [1.29, 1.82) is 0 Å². The second kappa shape index (κ2) is 6.84. The van der Waals surface area contributed by atoms with Crippen molar-refractivity contribution in [3.8, 4) is 11.1 Å². The van der Waals surface area contributed by atoms with E-state index in [0.717, 1.165) is 6.20 Å². The second-order valence-corrected chi connectivity index (χ2v) is 7.07. The number of halogens is 3. The lowest BCUT2D eigenvalue weighted by molar-refractivity contribution is -0.145. The van der Waals surface area contributed by atoms with E-state index in [9.17, 15) is 22.8 Å². The molecule has 0 amide bonds. The molecule has 0 saturated carbocycles. The summed E-state index contributed by atoms with van der Waals surface area (Å²) in [5.74, 6) is -3.05. The third-order valence-electron chi connectivity index (χ3n) is 5.06. The molecule has 0 atom stereocenters. The first-order chi connectivity index (χ1) is 15.2. The molecule has 2 N–H and O–H groups in total. The zero-order valence-electron chi connectivity index (χ0n) is 15.9. The number of aromatic carboxylic acids is 1. The van der Waals surface area contributed by atoms with Crippen LogP contribution in [0.15, 0.2) is 54.9 Å². The van der Waals surface area contributed by atoms with E-state index >= 15 is 0 Å². The van der Waals surface area contributed by atoms with Crippen LogP contribution in [0.3, 0.4) is 0 Å². The minimum absolute atomic E-state index is 0.143. The molecule has 158 valence electrons. The average Bonchev–Trinajstić information content (AvgIpc) is 3.05. The van der Waals surface area contributed by atoms with Crippen molar-refractivity contribution in [1.82, 2.24) is 15.0 Å². The maximum atomic E-state index is 13.0. The molecule has 0 saturated heterocycles. The normalized spacial score (nSPS) is 12.5. The number of hydrogen-bond donors (Lipinski definition) is 2. The highest BCUT2D eigenvalue weighted by Gasteiger charge is 2.38. The molecule has 0 unspecified atom stereocenters. The van der Waals surface area contributed by atoms with E-state index in [4.69, 9.17) is 5.11 Å². The highest BCUT2D eigenvalue weighted by Crippen LogP contribution is 2.41. The number of carbonyl (C=O) groups excluding carboxylic acids is 1. The van der Waals surface area contributed by atoms with E-state index in [-0.39, 0.29) is 22.4 Å². The monoisotopic (exact) mass is 436 g/mol. The number of benzene rings is 2. The van der Waals surface area contributed by atoms with Crippen LogP contribution in [0.5, 0.6) is 0 Å². The predicted molar refractivity (Wildman–Crippen MR) is 108 cm³/mol. The molecule has 0 bridgehead atoms. The fraction of sp³-hybridized carbons (Fsp3) is 0.0455. The van der Waals surface area contributed by atoms with Gasteiger partial charge in [-0.1, -0.05) is 0 Å². The Morgan fingerprint density at radius 1 is 0.938 bits per heavy atom. The lowest BCUT2D eigenvalue weighted by Crippen LogP contribution is -2.13. The number of hydrogen-bond acceptors (Lipinski definition) is 6. The van der Waals surface area contributed by atoms with Crippen LogP contribution in [0.2, 0.25) is 0 Å². The molecular formula is C22H11F3N4O3. The summed E-state index contributed by atoms with van der Waals surface area (Å²) >= 11 is 0. The smallest absolute Gasteiger partial charge is 0.451 e. The second-order valence-electron chi connectivity index (χ2n) is 7.07. The van der Waals surface area contributed by atoms with Gasteiger partial charge in [-0.25, -0.2) is 14.8 Å². The Morgan fingerprint density at radius 3 is 2.31 bits per heavy atom. The number of rotatable bonds is 3. The predicted octanol–water partition coefficient (Wildman–Crippen LogP) is 4.70. The standard InChI is InChI=1S/C22H11F3N4O3/c23-22(24,25)21-27-8-14-17-13-7-12(28-11-3-1-10(2-4-11)20(31)32)5-6-16(13)26-9-15(17)19(30)18(14)29-21/h1-9,28H,(H,31,32). The molecule has 2 heterocycles. The average molecular weight is 436 g/mol. The lowest BCUT2D eigenvalue weighted by Gasteiger charge is -2.10.